The maximum absolute atomic E-state index is 6.39. The molecule has 0 bridgehead atoms. The van der Waals surface area contributed by atoms with Gasteiger partial charge in [0.05, 0.1) is 18.3 Å². The fourth-order valence-corrected chi connectivity index (χ4v) is 3.14. The molecule has 0 radical (unpaired) electrons. The highest BCUT2D eigenvalue weighted by Gasteiger charge is 2.31. The van der Waals surface area contributed by atoms with E-state index in [1.807, 2.05) is 17.9 Å². The summed E-state index contributed by atoms with van der Waals surface area (Å²) in [5.41, 5.74) is 7.61. The highest BCUT2D eigenvalue weighted by Crippen LogP contribution is 2.28. The molecule has 3 unspecified atom stereocenters. The van der Waals surface area contributed by atoms with Gasteiger partial charge in [0.1, 0.15) is 0 Å². The number of rotatable bonds is 6. The smallest absolute Gasteiger partial charge is 0.0702 e. The number of piperidine rings is 1. The van der Waals surface area contributed by atoms with E-state index in [0.717, 1.165) is 32.5 Å². The Labute approximate surface area is 122 Å². The van der Waals surface area contributed by atoms with Crippen LogP contribution in [0.15, 0.2) is 12.4 Å². The van der Waals surface area contributed by atoms with Crippen LogP contribution < -0.4 is 5.73 Å². The van der Waals surface area contributed by atoms with E-state index < -0.39 is 0 Å². The monoisotopic (exact) mass is 280 g/mol. The van der Waals surface area contributed by atoms with Crippen LogP contribution in [0.1, 0.15) is 44.7 Å². The summed E-state index contributed by atoms with van der Waals surface area (Å²) in [6.45, 7) is 7.07. The lowest BCUT2D eigenvalue weighted by atomic mass is 9.96. The number of ether oxygens (including phenoxy) is 1. The molecule has 0 aromatic carbocycles. The van der Waals surface area contributed by atoms with Gasteiger partial charge in [-0.15, -0.1) is 0 Å². The molecular formula is C15H28N4O. The van der Waals surface area contributed by atoms with Crippen molar-refractivity contribution in [2.24, 2.45) is 12.8 Å². The van der Waals surface area contributed by atoms with E-state index in [9.17, 15) is 0 Å². The summed E-state index contributed by atoms with van der Waals surface area (Å²) in [6, 6.07) is 0.386. The van der Waals surface area contributed by atoms with Gasteiger partial charge in [0.2, 0.25) is 0 Å². The van der Waals surface area contributed by atoms with Crippen LogP contribution in [0, 0.1) is 0 Å². The molecule has 1 aliphatic rings. The van der Waals surface area contributed by atoms with Gasteiger partial charge in [0.15, 0.2) is 0 Å². The molecule has 0 spiro atoms. The van der Waals surface area contributed by atoms with Gasteiger partial charge < -0.3 is 10.5 Å². The summed E-state index contributed by atoms with van der Waals surface area (Å²) in [6.07, 6.45) is 7.69. The molecule has 1 aromatic rings. The second-order valence-electron chi connectivity index (χ2n) is 5.68. The van der Waals surface area contributed by atoms with Crippen LogP contribution in [0.2, 0.25) is 0 Å². The molecule has 114 valence electrons. The van der Waals surface area contributed by atoms with Gasteiger partial charge >= 0.3 is 0 Å². The van der Waals surface area contributed by atoms with E-state index in [2.05, 4.69) is 30.0 Å². The molecule has 20 heavy (non-hydrogen) atoms. The lowest BCUT2D eigenvalue weighted by Gasteiger charge is -2.40. The number of nitrogens with zero attached hydrogens (tertiary/aromatic N) is 3. The van der Waals surface area contributed by atoms with Gasteiger partial charge in [0, 0.05) is 38.0 Å². The molecule has 0 saturated carbocycles. The van der Waals surface area contributed by atoms with Gasteiger partial charge in [0.25, 0.3) is 0 Å². The molecule has 0 aliphatic carbocycles. The number of hydrogen-bond acceptors (Lipinski definition) is 4. The van der Waals surface area contributed by atoms with Crippen molar-refractivity contribution in [2.45, 2.75) is 51.3 Å². The Morgan fingerprint density at radius 3 is 2.90 bits per heavy atom. The predicted octanol–water partition coefficient (Wildman–Crippen LogP) is 1.70. The van der Waals surface area contributed by atoms with Crippen LogP contribution in [0.5, 0.6) is 0 Å². The molecule has 5 heteroatoms. The molecule has 2 rings (SSSR count). The first-order chi connectivity index (χ1) is 9.65. The summed E-state index contributed by atoms with van der Waals surface area (Å²) >= 11 is 0. The van der Waals surface area contributed by atoms with Crippen molar-refractivity contribution < 1.29 is 4.74 Å². The van der Waals surface area contributed by atoms with E-state index >= 15 is 0 Å². The van der Waals surface area contributed by atoms with E-state index in [4.69, 9.17) is 10.5 Å². The highest BCUT2D eigenvalue weighted by molar-refractivity contribution is 5.14. The van der Waals surface area contributed by atoms with Crippen molar-refractivity contribution in [1.82, 2.24) is 14.7 Å². The first kappa shape index (κ1) is 15.5. The number of likely N-dealkylation sites (tertiary alicyclic amines) is 1. The maximum Gasteiger partial charge on any atom is 0.0702 e. The van der Waals surface area contributed by atoms with Crippen LogP contribution in [0.3, 0.4) is 0 Å². The molecule has 2 heterocycles. The minimum absolute atomic E-state index is 0.138. The number of nitrogens with two attached hydrogens (primary N) is 1. The Morgan fingerprint density at radius 1 is 1.50 bits per heavy atom. The number of aromatic nitrogens is 2. The van der Waals surface area contributed by atoms with Crippen LogP contribution in [-0.4, -0.2) is 46.5 Å². The summed E-state index contributed by atoms with van der Waals surface area (Å²) in [5.74, 6) is 0. The van der Waals surface area contributed by atoms with Crippen LogP contribution >= 0.6 is 0 Å². The fraction of sp³-hybridized carbons (Fsp3) is 0.800. The van der Waals surface area contributed by atoms with Gasteiger partial charge in [-0.1, -0.05) is 6.92 Å². The van der Waals surface area contributed by atoms with Crippen LogP contribution in [-0.2, 0) is 11.8 Å². The van der Waals surface area contributed by atoms with Gasteiger partial charge in [-0.2, -0.15) is 5.10 Å². The Morgan fingerprint density at radius 2 is 2.30 bits per heavy atom. The molecule has 1 aromatic heterocycles. The van der Waals surface area contributed by atoms with Crippen molar-refractivity contribution >= 4 is 0 Å². The van der Waals surface area contributed by atoms with E-state index in [0.29, 0.717) is 6.10 Å². The molecule has 2 N–H and O–H groups in total. The largest absolute Gasteiger partial charge is 0.377 e. The molecule has 0 amide bonds. The predicted molar refractivity (Wildman–Crippen MR) is 80.4 cm³/mol. The second kappa shape index (κ2) is 7.20. The second-order valence-corrected chi connectivity index (χ2v) is 5.68. The Balaban J connectivity index is 2.14. The first-order valence-corrected chi connectivity index (χ1v) is 7.75. The molecule has 1 aliphatic heterocycles. The third-order valence-corrected chi connectivity index (χ3v) is 4.15. The minimum atomic E-state index is 0.138. The molecule has 1 saturated heterocycles. The van der Waals surface area contributed by atoms with Crippen molar-refractivity contribution in [3.8, 4) is 0 Å². The first-order valence-electron chi connectivity index (χ1n) is 7.75. The Kier molecular flexibility index (Phi) is 5.57. The average Bonchev–Trinajstić information content (AvgIpc) is 2.86. The summed E-state index contributed by atoms with van der Waals surface area (Å²) in [7, 11) is 1.96. The van der Waals surface area contributed by atoms with Gasteiger partial charge in [-0.3, -0.25) is 9.58 Å². The molecule has 3 atom stereocenters. The summed E-state index contributed by atoms with van der Waals surface area (Å²) in [5, 5.41) is 4.31. The van der Waals surface area contributed by atoms with Crippen molar-refractivity contribution in [2.75, 3.05) is 19.7 Å². The quantitative estimate of drug-likeness (QED) is 0.861. The van der Waals surface area contributed by atoms with E-state index in [1.54, 1.807) is 0 Å². The SMILES string of the molecule is CCOC1CCCN(C(c2cnn(C)c2)C(N)CC)C1. The fourth-order valence-electron chi connectivity index (χ4n) is 3.14. The van der Waals surface area contributed by atoms with E-state index in [1.165, 1.54) is 12.0 Å². The molecular weight excluding hydrogens is 252 g/mol. The van der Waals surface area contributed by atoms with Crippen LogP contribution in [0.4, 0.5) is 0 Å². The molecule has 1 fully saturated rings. The third-order valence-electron chi connectivity index (χ3n) is 4.15. The highest BCUT2D eigenvalue weighted by atomic mass is 16.5. The van der Waals surface area contributed by atoms with Crippen molar-refractivity contribution in [1.29, 1.82) is 0 Å². The standard InChI is InChI=1S/C15H28N4O/c1-4-14(16)15(12-9-17-18(3)10-12)19-8-6-7-13(11-19)20-5-2/h9-10,13-15H,4-8,11,16H2,1-3H3. The normalized spacial score (nSPS) is 23.7. The zero-order valence-electron chi connectivity index (χ0n) is 13.0. The van der Waals surface area contributed by atoms with Crippen molar-refractivity contribution in [3.05, 3.63) is 18.0 Å². The van der Waals surface area contributed by atoms with Gasteiger partial charge in [-0.25, -0.2) is 0 Å². The Hall–Kier alpha value is -0.910. The topological polar surface area (TPSA) is 56.3 Å². The Bertz CT molecular complexity index is 404. The van der Waals surface area contributed by atoms with E-state index in [-0.39, 0.29) is 12.1 Å². The summed E-state index contributed by atoms with van der Waals surface area (Å²) < 4.78 is 7.67. The van der Waals surface area contributed by atoms with Gasteiger partial charge in [-0.05, 0) is 32.7 Å². The number of aryl methyl sites for hydroxylation is 1. The third kappa shape index (κ3) is 3.59. The lowest BCUT2D eigenvalue weighted by Crippen LogP contribution is -2.47. The number of hydrogen-bond donors (Lipinski definition) is 1. The van der Waals surface area contributed by atoms with Crippen molar-refractivity contribution in [3.63, 3.8) is 0 Å². The van der Waals surface area contributed by atoms with Crippen LogP contribution in [0.25, 0.3) is 0 Å². The zero-order chi connectivity index (χ0) is 14.5. The minimum Gasteiger partial charge on any atom is -0.377 e. The average molecular weight is 280 g/mol. The molecule has 5 nitrogen and oxygen atoms in total. The summed E-state index contributed by atoms with van der Waals surface area (Å²) in [4.78, 5) is 2.48. The maximum atomic E-state index is 6.39. The zero-order valence-corrected chi connectivity index (χ0v) is 13.0. The lowest BCUT2D eigenvalue weighted by molar-refractivity contribution is -0.0116.